The van der Waals surface area contributed by atoms with Crippen molar-refractivity contribution in [3.8, 4) is 0 Å². The monoisotopic (exact) mass is 389 g/mol. The van der Waals surface area contributed by atoms with Gasteiger partial charge in [-0.3, -0.25) is 14.4 Å². The van der Waals surface area contributed by atoms with E-state index in [1.807, 2.05) is 6.92 Å². The van der Waals surface area contributed by atoms with Gasteiger partial charge in [0.1, 0.15) is 13.2 Å². The quantitative estimate of drug-likeness (QED) is 0.198. The van der Waals surface area contributed by atoms with Crippen LogP contribution in [0.2, 0.25) is 0 Å². The molecule has 0 fully saturated rings. The molecule has 1 rings (SSSR count). The molecule has 13 heteroatoms. The van der Waals surface area contributed by atoms with Crippen LogP contribution in [0.4, 0.5) is 0 Å². The number of nitrogens with zero attached hydrogens (tertiary/aromatic N) is 2. The minimum absolute atomic E-state index is 0.0459. The molecule has 0 aromatic carbocycles. The predicted octanol–water partition coefficient (Wildman–Crippen LogP) is -0.973. The number of ether oxygens (including phenoxy) is 1. The van der Waals surface area contributed by atoms with Crippen molar-refractivity contribution in [2.75, 3.05) is 32.9 Å². The van der Waals surface area contributed by atoms with Crippen molar-refractivity contribution in [1.29, 1.82) is 0 Å². The highest BCUT2D eigenvalue weighted by molar-refractivity contribution is 5.82. The van der Waals surface area contributed by atoms with Crippen molar-refractivity contribution in [2.45, 2.75) is 19.8 Å². The van der Waals surface area contributed by atoms with Crippen LogP contribution in [-0.4, -0.2) is 70.9 Å². The number of imidazole rings is 1. The number of amides is 2. The van der Waals surface area contributed by atoms with Crippen LogP contribution in [0.5, 0.6) is 0 Å². The Morgan fingerprint density at radius 2 is 2.04 bits per heavy atom. The summed E-state index contributed by atoms with van der Waals surface area (Å²) in [6, 6.07) is 0. The van der Waals surface area contributed by atoms with Crippen LogP contribution in [0.3, 0.4) is 0 Å². The van der Waals surface area contributed by atoms with E-state index in [9.17, 15) is 24.5 Å². The third-order valence-corrected chi connectivity index (χ3v) is 2.61. The molecule has 2 amide bonds. The first-order valence-electron chi connectivity index (χ1n) is 7.86. The van der Waals surface area contributed by atoms with E-state index in [0.717, 1.165) is 5.69 Å². The van der Waals surface area contributed by atoms with Crippen LogP contribution in [-0.2, 0) is 24.0 Å². The maximum Gasteiger partial charge on any atom is 0.322 e. The van der Waals surface area contributed by atoms with Crippen LogP contribution in [0, 0.1) is 17.0 Å². The first-order chi connectivity index (χ1) is 12.8. The minimum atomic E-state index is -1.15. The zero-order valence-corrected chi connectivity index (χ0v) is 14.8. The molecule has 1 aromatic heterocycles. The average molecular weight is 389 g/mol. The van der Waals surface area contributed by atoms with Crippen molar-refractivity contribution < 1.29 is 34.2 Å². The van der Waals surface area contributed by atoms with Crippen LogP contribution >= 0.6 is 0 Å². The number of carbonyl (C=O) groups is 3. The first kappa shape index (κ1) is 23.8. The third kappa shape index (κ3) is 17.4. The summed E-state index contributed by atoms with van der Waals surface area (Å²) in [4.78, 5) is 53.0. The molecular formula is C14H23N5O8. The van der Waals surface area contributed by atoms with Gasteiger partial charge in [-0.05, 0) is 13.3 Å². The average Bonchev–Trinajstić information content (AvgIpc) is 3.07. The molecule has 27 heavy (non-hydrogen) atoms. The molecule has 1 heterocycles. The van der Waals surface area contributed by atoms with Gasteiger partial charge in [0.15, 0.2) is 0 Å². The summed E-state index contributed by atoms with van der Waals surface area (Å²) in [7, 11) is 0. The number of aromatic nitrogens is 2. The summed E-state index contributed by atoms with van der Waals surface area (Å²) < 4.78 is 4.92. The first-order valence-corrected chi connectivity index (χ1v) is 7.86. The van der Waals surface area contributed by atoms with Crippen LogP contribution in [0.1, 0.15) is 18.5 Å². The Balaban J connectivity index is 0.000000941. The fourth-order valence-electron chi connectivity index (χ4n) is 1.42. The summed E-state index contributed by atoms with van der Waals surface area (Å²) in [5, 5.41) is 21.8. The molecule has 13 nitrogen and oxygen atoms in total. The molecule has 0 unspecified atom stereocenters. The van der Waals surface area contributed by atoms with Crippen LogP contribution < -0.4 is 10.6 Å². The van der Waals surface area contributed by atoms with Gasteiger partial charge in [-0.25, -0.2) is 4.98 Å². The van der Waals surface area contributed by atoms with Gasteiger partial charge >= 0.3 is 5.97 Å². The topological polar surface area (TPSA) is 186 Å². The summed E-state index contributed by atoms with van der Waals surface area (Å²) in [5.41, 5.74) is 1.11. The number of hydrogen-bond donors (Lipinski definition) is 4. The molecule has 1 aromatic rings. The van der Waals surface area contributed by atoms with E-state index >= 15 is 0 Å². The Bertz CT molecular complexity index is 578. The largest absolute Gasteiger partial charge is 0.480 e. The van der Waals surface area contributed by atoms with E-state index in [-0.39, 0.29) is 39.2 Å². The van der Waals surface area contributed by atoms with E-state index < -0.39 is 29.4 Å². The maximum atomic E-state index is 11.2. The lowest BCUT2D eigenvalue weighted by Gasteiger charge is -2.06. The summed E-state index contributed by atoms with van der Waals surface area (Å²) in [5.74, 6) is -2.09. The van der Waals surface area contributed by atoms with Gasteiger partial charge in [-0.2, -0.15) is 0 Å². The van der Waals surface area contributed by atoms with E-state index in [4.69, 9.17) is 9.84 Å². The predicted molar refractivity (Wildman–Crippen MR) is 90.0 cm³/mol. The number of aliphatic carboxylic acids is 1. The van der Waals surface area contributed by atoms with Crippen molar-refractivity contribution in [2.24, 2.45) is 0 Å². The van der Waals surface area contributed by atoms with Crippen LogP contribution in [0.25, 0.3) is 0 Å². The van der Waals surface area contributed by atoms with E-state index in [2.05, 4.69) is 25.4 Å². The van der Waals surface area contributed by atoms with Crippen molar-refractivity contribution in [1.82, 2.24) is 20.6 Å². The Morgan fingerprint density at radius 1 is 1.30 bits per heavy atom. The van der Waals surface area contributed by atoms with Gasteiger partial charge in [-0.1, -0.05) is 0 Å². The zero-order chi connectivity index (χ0) is 20.5. The molecule has 0 saturated carbocycles. The number of H-pyrrole nitrogens is 1. The normalized spacial score (nSPS) is 9.52. The molecule has 4 N–H and O–H groups in total. The number of carbonyl (C=O) groups excluding carboxylic acids is 2. The highest BCUT2D eigenvalue weighted by Gasteiger charge is 2.05. The number of aromatic amines is 1. The molecule has 0 radical (unpaired) electrons. The fourth-order valence-corrected chi connectivity index (χ4v) is 1.42. The summed E-state index contributed by atoms with van der Waals surface area (Å²) in [6.07, 6.45) is 3.66. The van der Waals surface area contributed by atoms with Crippen LogP contribution in [0.15, 0.2) is 12.5 Å². The Morgan fingerprint density at radius 3 is 2.56 bits per heavy atom. The Hall–Kier alpha value is -3.22. The summed E-state index contributed by atoms with van der Waals surface area (Å²) >= 11 is 0. The third-order valence-electron chi connectivity index (χ3n) is 2.61. The number of nitrogens with one attached hydrogen (secondary N) is 3. The molecule has 0 aliphatic rings. The molecule has 0 aliphatic carbocycles. The number of rotatable bonds is 12. The highest BCUT2D eigenvalue weighted by atomic mass is 16.9. The second-order valence-corrected chi connectivity index (χ2v) is 4.97. The Labute approximate surface area is 154 Å². The lowest BCUT2D eigenvalue weighted by atomic mass is 10.4. The number of carboxylic acids is 1. The fraction of sp³-hybridized carbons (Fsp3) is 0.571. The maximum absolute atomic E-state index is 11.2. The second-order valence-electron chi connectivity index (χ2n) is 4.97. The molecular weight excluding hydrogens is 366 g/mol. The lowest BCUT2D eigenvalue weighted by Crippen LogP contribution is -2.34. The summed E-state index contributed by atoms with van der Waals surface area (Å²) in [6.45, 7) is 1.32. The molecule has 0 atom stereocenters. The zero-order valence-electron chi connectivity index (χ0n) is 14.8. The van der Waals surface area contributed by atoms with Gasteiger partial charge in [0, 0.05) is 31.5 Å². The number of hydrogen-bond acceptors (Lipinski definition) is 8. The standard InChI is InChI=1S/C10H17N3O8.C4H6N2/c14-8(12-6-10(16)17)2-3-11-9(15)7-20-4-1-5-21-13(18)19;1-4-2-5-3-6-4/h1-7H2,(H,11,15)(H,12,14)(H,16,17);2-3H,1H3,(H,5,6). The van der Waals surface area contributed by atoms with Crippen molar-refractivity contribution in [3.05, 3.63) is 28.3 Å². The molecule has 0 aliphatic heterocycles. The van der Waals surface area contributed by atoms with Gasteiger partial charge in [0.25, 0.3) is 5.09 Å². The van der Waals surface area contributed by atoms with Crippen molar-refractivity contribution >= 4 is 17.8 Å². The highest BCUT2D eigenvalue weighted by Crippen LogP contribution is 1.86. The Kier molecular flexibility index (Phi) is 13.3. The van der Waals surface area contributed by atoms with Gasteiger partial charge in [-0.15, -0.1) is 10.1 Å². The number of aryl methyl sites for hydroxylation is 1. The molecule has 0 bridgehead atoms. The van der Waals surface area contributed by atoms with Crippen molar-refractivity contribution in [3.63, 3.8) is 0 Å². The smallest absolute Gasteiger partial charge is 0.322 e. The van der Waals surface area contributed by atoms with E-state index in [1.165, 1.54) is 0 Å². The molecule has 0 saturated heterocycles. The molecule has 152 valence electrons. The SMILES string of the molecule is Cc1cnc[nH]1.O=C(O)CNC(=O)CCNC(=O)COCCCO[N+](=O)[O-]. The minimum Gasteiger partial charge on any atom is -0.480 e. The molecule has 0 spiro atoms. The van der Waals surface area contributed by atoms with E-state index in [1.54, 1.807) is 12.5 Å². The van der Waals surface area contributed by atoms with Gasteiger partial charge in [0.05, 0.1) is 12.9 Å². The van der Waals surface area contributed by atoms with Gasteiger partial charge in [0.2, 0.25) is 11.8 Å². The van der Waals surface area contributed by atoms with Gasteiger partial charge < -0.3 is 30.3 Å². The van der Waals surface area contributed by atoms with E-state index in [0.29, 0.717) is 0 Å². The lowest BCUT2D eigenvalue weighted by molar-refractivity contribution is -0.757. The number of carboxylic acid groups (broad SMARTS) is 1. The second kappa shape index (κ2) is 15.1.